The van der Waals surface area contributed by atoms with E-state index in [4.69, 9.17) is 11.6 Å². The van der Waals surface area contributed by atoms with Crippen LogP contribution >= 0.6 is 11.6 Å². The zero-order chi connectivity index (χ0) is 14.0. The molecule has 0 aliphatic heterocycles. The summed E-state index contributed by atoms with van der Waals surface area (Å²) < 4.78 is 0. The monoisotopic (exact) mass is 276 g/mol. The summed E-state index contributed by atoms with van der Waals surface area (Å²) in [5.41, 5.74) is 3.57. The molecule has 0 N–H and O–H groups in total. The van der Waals surface area contributed by atoms with Crippen molar-refractivity contribution < 1.29 is 4.79 Å². The molecule has 0 spiro atoms. The SMILES string of the molecule is CC(C)(C)C1CCC(c2ccc(Cl)cc2)=C(C=O)C1. The highest BCUT2D eigenvalue weighted by Crippen LogP contribution is 2.42. The first-order valence-corrected chi connectivity index (χ1v) is 7.22. The average molecular weight is 277 g/mol. The number of hydrogen-bond acceptors (Lipinski definition) is 1. The van der Waals surface area contributed by atoms with Gasteiger partial charge in [0.05, 0.1) is 0 Å². The van der Waals surface area contributed by atoms with Crippen LogP contribution in [0.2, 0.25) is 5.02 Å². The van der Waals surface area contributed by atoms with E-state index in [1.807, 2.05) is 24.3 Å². The molecule has 0 bridgehead atoms. The van der Waals surface area contributed by atoms with Crippen LogP contribution in [0.15, 0.2) is 29.8 Å². The van der Waals surface area contributed by atoms with E-state index in [-0.39, 0.29) is 5.41 Å². The third-order valence-electron chi connectivity index (χ3n) is 4.16. The lowest BCUT2D eigenvalue weighted by molar-refractivity contribution is -0.105. The maximum Gasteiger partial charge on any atom is 0.146 e. The van der Waals surface area contributed by atoms with E-state index in [0.29, 0.717) is 5.92 Å². The minimum absolute atomic E-state index is 0.264. The van der Waals surface area contributed by atoms with Crippen molar-refractivity contribution in [3.05, 3.63) is 40.4 Å². The Bertz CT molecular complexity index is 491. The molecular weight excluding hydrogens is 256 g/mol. The lowest BCUT2D eigenvalue weighted by atomic mass is 9.70. The molecule has 1 unspecified atom stereocenters. The predicted molar refractivity (Wildman–Crippen MR) is 81.2 cm³/mol. The molecule has 0 heterocycles. The van der Waals surface area contributed by atoms with E-state index < -0.39 is 0 Å². The highest BCUT2D eigenvalue weighted by atomic mass is 35.5. The third kappa shape index (κ3) is 3.27. The summed E-state index contributed by atoms with van der Waals surface area (Å²) in [7, 11) is 0. The van der Waals surface area contributed by atoms with E-state index in [2.05, 4.69) is 20.8 Å². The minimum atomic E-state index is 0.264. The van der Waals surface area contributed by atoms with Crippen LogP contribution in [0, 0.1) is 11.3 Å². The summed E-state index contributed by atoms with van der Waals surface area (Å²) in [4.78, 5) is 11.4. The summed E-state index contributed by atoms with van der Waals surface area (Å²) in [6, 6.07) is 7.81. The normalized spacial score (nSPS) is 20.5. The van der Waals surface area contributed by atoms with Crippen LogP contribution < -0.4 is 0 Å². The number of allylic oxidation sites excluding steroid dienone is 2. The Balaban J connectivity index is 2.32. The van der Waals surface area contributed by atoms with Crippen LogP contribution in [-0.2, 0) is 4.79 Å². The van der Waals surface area contributed by atoms with Crippen molar-refractivity contribution in [2.24, 2.45) is 11.3 Å². The van der Waals surface area contributed by atoms with Gasteiger partial charge in [0.2, 0.25) is 0 Å². The first kappa shape index (κ1) is 14.3. The summed E-state index contributed by atoms with van der Waals surface area (Å²) in [6.45, 7) is 6.77. The molecule has 0 saturated carbocycles. The predicted octanol–water partition coefficient (Wildman–Crippen LogP) is 5.14. The van der Waals surface area contributed by atoms with E-state index in [9.17, 15) is 4.79 Å². The van der Waals surface area contributed by atoms with Gasteiger partial charge in [-0.3, -0.25) is 4.79 Å². The topological polar surface area (TPSA) is 17.1 Å². The van der Waals surface area contributed by atoms with Gasteiger partial charge in [-0.25, -0.2) is 0 Å². The molecule has 2 heteroatoms. The van der Waals surface area contributed by atoms with Gasteiger partial charge in [0.1, 0.15) is 6.29 Å². The molecule has 0 aromatic heterocycles. The molecule has 1 aromatic rings. The molecule has 102 valence electrons. The molecule has 1 aliphatic rings. The van der Waals surface area contributed by atoms with Gasteiger partial charge in [-0.2, -0.15) is 0 Å². The molecule has 1 nitrogen and oxygen atoms in total. The van der Waals surface area contributed by atoms with Crippen molar-refractivity contribution in [3.63, 3.8) is 0 Å². The second kappa shape index (κ2) is 5.50. The van der Waals surface area contributed by atoms with E-state index in [0.717, 1.165) is 41.7 Å². The van der Waals surface area contributed by atoms with Crippen molar-refractivity contribution in [1.29, 1.82) is 0 Å². The van der Waals surface area contributed by atoms with Gasteiger partial charge in [-0.05, 0) is 59.4 Å². The summed E-state index contributed by atoms with van der Waals surface area (Å²) in [6.07, 6.45) is 4.07. The van der Waals surface area contributed by atoms with Crippen LogP contribution in [-0.4, -0.2) is 6.29 Å². The Morgan fingerprint density at radius 1 is 1.21 bits per heavy atom. The number of aldehydes is 1. The van der Waals surface area contributed by atoms with Crippen LogP contribution in [0.25, 0.3) is 5.57 Å². The van der Waals surface area contributed by atoms with Gasteiger partial charge in [0.25, 0.3) is 0 Å². The summed E-state index contributed by atoms with van der Waals surface area (Å²) in [5, 5.41) is 0.736. The molecule has 0 fully saturated rings. The van der Waals surface area contributed by atoms with Crippen LogP contribution in [0.1, 0.15) is 45.6 Å². The smallest absolute Gasteiger partial charge is 0.146 e. The largest absolute Gasteiger partial charge is 0.298 e. The first-order valence-electron chi connectivity index (χ1n) is 6.85. The number of carbonyl (C=O) groups excluding carboxylic acids is 1. The number of rotatable bonds is 2. The number of carbonyl (C=O) groups is 1. The fourth-order valence-corrected chi connectivity index (χ4v) is 2.94. The molecule has 0 amide bonds. The number of benzene rings is 1. The van der Waals surface area contributed by atoms with Crippen LogP contribution in [0.4, 0.5) is 0 Å². The van der Waals surface area contributed by atoms with Crippen LogP contribution in [0.3, 0.4) is 0 Å². The fourth-order valence-electron chi connectivity index (χ4n) is 2.81. The third-order valence-corrected chi connectivity index (χ3v) is 4.41. The average Bonchev–Trinajstić information content (AvgIpc) is 2.38. The van der Waals surface area contributed by atoms with E-state index in [1.54, 1.807) is 0 Å². The maximum absolute atomic E-state index is 11.4. The summed E-state index contributed by atoms with van der Waals surface area (Å²) >= 11 is 5.92. The Hall–Kier alpha value is -1.08. The van der Waals surface area contributed by atoms with Gasteiger partial charge in [-0.1, -0.05) is 44.5 Å². The Morgan fingerprint density at radius 3 is 2.37 bits per heavy atom. The molecule has 19 heavy (non-hydrogen) atoms. The quantitative estimate of drug-likeness (QED) is 0.684. The Kier molecular flexibility index (Phi) is 4.15. The molecule has 0 radical (unpaired) electrons. The zero-order valence-electron chi connectivity index (χ0n) is 11.9. The van der Waals surface area contributed by atoms with Gasteiger partial charge in [0.15, 0.2) is 0 Å². The molecule has 1 aromatic carbocycles. The van der Waals surface area contributed by atoms with Crippen LogP contribution in [0.5, 0.6) is 0 Å². The molecule has 1 aliphatic carbocycles. The zero-order valence-corrected chi connectivity index (χ0v) is 12.6. The maximum atomic E-state index is 11.4. The minimum Gasteiger partial charge on any atom is -0.298 e. The van der Waals surface area contributed by atoms with Gasteiger partial charge < -0.3 is 0 Å². The van der Waals surface area contributed by atoms with Crippen molar-refractivity contribution in [2.45, 2.75) is 40.0 Å². The van der Waals surface area contributed by atoms with Gasteiger partial charge in [0, 0.05) is 5.02 Å². The highest BCUT2D eigenvalue weighted by molar-refractivity contribution is 6.30. The Morgan fingerprint density at radius 2 is 1.84 bits per heavy atom. The van der Waals surface area contributed by atoms with Crippen molar-refractivity contribution >= 4 is 23.5 Å². The first-order chi connectivity index (χ1) is 8.91. The van der Waals surface area contributed by atoms with Crippen molar-refractivity contribution in [2.75, 3.05) is 0 Å². The molecule has 0 saturated heterocycles. The highest BCUT2D eigenvalue weighted by Gasteiger charge is 2.30. The number of hydrogen-bond donors (Lipinski definition) is 0. The molecule has 1 atom stereocenters. The lowest BCUT2D eigenvalue weighted by Crippen LogP contribution is -2.24. The number of halogens is 1. The van der Waals surface area contributed by atoms with Crippen molar-refractivity contribution in [1.82, 2.24) is 0 Å². The van der Waals surface area contributed by atoms with E-state index >= 15 is 0 Å². The molecular formula is C17H21ClO. The van der Waals surface area contributed by atoms with E-state index in [1.165, 1.54) is 5.57 Å². The second-order valence-corrected chi connectivity index (χ2v) is 6.87. The molecule has 2 rings (SSSR count). The lowest BCUT2D eigenvalue weighted by Gasteiger charge is -2.35. The second-order valence-electron chi connectivity index (χ2n) is 6.43. The summed E-state index contributed by atoms with van der Waals surface area (Å²) in [5.74, 6) is 0.587. The Labute approximate surface area is 120 Å². The fraction of sp³-hybridized carbons (Fsp3) is 0.471. The van der Waals surface area contributed by atoms with Crippen molar-refractivity contribution in [3.8, 4) is 0 Å². The standard InChI is InChI=1S/C17H21ClO/c1-17(2,3)14-6-9-16(13(10-14)11-19)12-4-7-15(18)8-5-12/h4-5,7-8,11,14H,6,9-10H2,1-3H3. The van der Waals surface area contributed by atoms with Gasteiger partial charge in [-0.15, -0.1) is 0 Å². The van der Waals surface area contributed by atoms with Gasteiger partial charge >= 0.3 is 0 Å².